The summed E-state index contributed by atoms with van der Waals surface area (Å²) in [7, 11) is 1.61. The molecule has 5 aromatic rings. The van der Waals surface area contributed by atoms with E-state index in [4.69, 9.17) is 49.6 Å². The van der Waals surface area contributed by atoms with Gasteiger partial charge in [-0.15, -0.1) is 0 Å². The van der Waals surface area contributed by atoms with Crippen molar-refractivity contribution in [2.45, 2.75) is 12.8 Å². The molecule has 0 fully saturated rings. The Morgan fingerprint density at radius 2 is 1.57 bits per heavy atom. The van der Waals surface area contributed by atoms with E-state index in [9.17, 15) is 4.79 Å². The highest BCUT2D eigenvalue weighted by Crippen LogP contribution is 2.34. The summed E-state index contributed by atoms with van der Waals surface area (Å²) in [5.74, 6) is 1.24. The van der Waals surface area contributed by atoms with E-state index < -0.39 is 0 Å². The van der Waals surface area contributed by atoms with Crippen LogP contribution in [-0.4, -0.2) is 26.9 Å². The van der Waals surface area contributed by atoms with Crippen LogP contribution in [0.3, 0.4) is 0 Å². The highest BCUT2D eigenvalue weighted by atomic mass is 35.5. The number of nitrogens with zero attached hydrogens (tertiary/aromatic N) is 3. The second-order valence-corrected chi connectivity index (χ2v) is 9.23. The SMILES string of the molecule is COc1ccc(Cc2nc3c(c(Cc4ccccc4)nn3-c3c(Cl)cc(Cl)cc3Cl)c(=O)[nH]2)cc1. The van der Waals surface area contributed by atoms with Crippen molar-refractivity contribution in [3.8, 4) is 11.4 Å². The predicted octanol–water partition coefficient (Wildman–Crippen LogP) is 6.26. The number of nitrogens with one attached hydrogen (secondary N) is 1. The molecule has 2 heterocycles. The normalized spacial score (nSPS) is 11.2. The van der Waals surface area contributed by atoms with Crippen LogP contribution in [0, 0.1) is 0 Å². The lowest BCUT2D eigenvalue weighted by molar-refractivity contribution is 0.414. The number of hydrogen-bond donors (Lipinski definition) is 1. The first kappa shape index (κ1) is 23.4. The molecule has 0 radical (unpaired) electrons. The van der Waals surface area contributed by atoms with Crippen LogP contribution in [0.4, 0.5) is 0 Å². The van der Waals surface area contributed by atoms with Gasteiger partial charge >= 0.3 is 0 Å². The van der Waals surface area contributed by atoms with Gasteiger partial charge in [-0.25, -0.2) is 9.67 Å². The molecule has 0 saturated carbocycles. The molecule has 0 spiro atoms. The number of benzene rings is 3. The Kier molecular flexibility index (Phi) is 6.52. The molecule has 0 amide bonds. The lowest BCUT2D eigenvalue weighted by Crippen LogP contribution is -2.13. The molecule has 5 rings (SSSR count). The van der Waals surface area contributed by atoms with Crippen LogP contribution < -0.4 is 10.3 Å². The highest BCUT2D eigenvalue weighted by molar-refractivity contribution is 6.40. The fourth-order valence-electron chi connectivity index (χ4n) is 3.96. The molecule has 0 saturated heterocycles. The number of H-pyrrole nitrogens is 1. The molecule has 35 heavy (non-hydrogen) atoms. The number of hydrogen-bond acceptors (Lipinski definition) is 4. The number of methoxy groups -OCH3 is 1. The maximum Gasteiger partial charge on any atom is 0.262 e. The molecule has 0 aliphatic heterocycles. The Morgan fingerprint density at radius 1 is 0.914 bits per heavy atom. The second kappa shape index (κ2) is 9.74. The summed E-state index contributed by atoms with van der Waals surface area (Å²) in [6.45, 7) is 0. The Balaban J connectivity index is 1.68. The van der Waals surface area contributed by atoms with Crippen molar-refractivity contribution in [1.82, 2.24) is 19.7 Å². The Bertz CT molecular complexity index is 1560. The van der Waals surface area contributed by atoms with Gasteiger partial charge in [0.25, 0.3) is 5.56 Å². The Hall–Kier alpha value is -3.32. The van der Waals surface area contributed by atoms with Gasteiger partial charge in [0, 0.05) is 17.9 Å². The lowest BCUT2D eigenvalue weighted by Gasteiger charge is -2.09. The summed E-state index contributed by atoms with van der Waals surface area (Å²) in [5.41, 5.74) is 3.04. The van der Waals surface area contributed by atoms with Crippen LogP contribution >= 0.6 is 34.8 Å². The van der Waals surface area contributed by atoms with Gasteiger partial charge in [0.2, 0.25) is 0 Å². The largest absolute Gasteiger partial charge is 0.497 e. The van der Waals surface area contributed by atoms with Gasteiger partial charge in [-0.3, -0.25) is 4.79 Å². The predicted molar refractivity (Wildman–Crippen MR) is 140 cm³/mol. The first-order valence-corrected chi connectivity index (χ1v) is 11.9. The minimum atomic E-state index is -0.281. The average Bonchev–Trinajstić information content (AvgIpc) is 3.17. The summed E-state index contributed by atoms with van der Waals surface area (Å²) in [6, 6.07) is 20.5. The van der Waals surface area contributed by atoms with Gasteiger partial charge in [-0.1, -0.05) is 77.3 Å². The van der Waals surface area contributed by atoms with Gasteiger partial charge in [0.1, 0.15) is 22.6 Å². The summed E-state index contributed by atoms with van der Waals surface area (Å²) in [6.07, 6.45) is 0.853. The number of ether oxygens (including phenoxy) is 1. The topological polar surface area (TPSA) is 72.8 Å². The molecule has 0 aliphatic rings. The van der Waals surface area contributed by atoms with Crippen LogP contribution in [0.25, 0.3) is 16.7 Å². The molecule has 2 aromatic heterocycles. The van der Waals surface area contributed by atoms with Crippen molar-refractivity contribution >= 4 is 45.8 Å². The molecule has 9 heteroatoms. The van der Waals surface area contributed by atoms with Crippen LogP contribution in [0.2, 0.25) is 15.1 Å². The van der Waals surface area contributed by atoms with Crippen molar-refractivity contribution in [3.63, 3.8) is 0 Å². The zero-order valence-electron chi connectivity index (χ0n) is 18.6. The van der Waals surface area contributed by atoms with Gasteiger partial charge < -0.3 is 9.72 Å². The summed E-state index contributed by atoms with van der Waals surface area (Å²) in [4.78, 5) is 21.0. The fraction of sp³-hybridized carbons (Fsp3) is 0.115. The Labute approximate surface area is 216 Å². The van der Waals surface area contributed by atoms with Crippen LogP contribution in [0.5, 0.6) is 5.75 Å². The monoisotopic (exact) mass is 524 g/mol. The van der Waals surface area contributed by atoms with Crippen molar-refractivity contribution < 1.29 is 4.74 Å². The molecule has 1 N–H and O–H groups in total. The van der Waals surface area contributed by atoms with E-state index in [1.165, 1.54) is 4.68 Å². The van der Waals surface area contributed by atoms with E-state index in [2.05, 4.69) is 4.98 Å². The van der Waals surface area contributed by atoms with Crippen LogP contribution in [-0.2, 0) is 12.8 Å². The zero-order valence-corrected chi connectivity index (χ0v) is 20.8. The minimum Gasteiger partial charge on any atom is -0.497 e. The smallest absolute Gasteiger partial charge is 0.262 e. The van der Waals surface area contributed by atoms with Gasteiger partial charge in [0.15, 0.2) is 5.65 Å². The summed E-state index contributed by atoms with van der Waals surface area (Å²) >= 11 is 19.2. The van der Waals surface area contributed by atoms with Crippen LogP contribution in [0.15, 0.2) is 71.5 Å². The van der Waals surface area contributed by atoms with E-state index >= 15 is 0 Å². The van der Waals surface area contributed by atoms with E-state index in [-0.39, 0.29) is 5.56 Å². The molecule has 0 bridgehead atoms. The van der Waals surface area contributed by atoms with E-state index in [1.54, 1.807) is 19.2 Å². The van der Waals surface area contributed by atoms with Crippen molar-refractivity contribution in [2.75, 3.05) is 7.11 Å². The quantitative estimate of drug-likeness (QED) is 0.284. The molecular formula is C26H19Cl3N4O2. The maximum atomic E-state index is 13.3. The summed E-state index contributed by atoms with van der Waals surface area (Å²) < 4.78 is 6.75. The molecular weight excluding hydrogens is 507 g/mol. The standard InChI is InChI=1S/C26H19Cl3N4O2/c1-35-18-9-7-16(8-10-18)12-22-30-25-23(26(34)31-22)21(11-15-5-3-2-4-6-15)32-33(25)24-19(28)13-17(27)14-20(24)29/h2-10,13-14H,11-12H2,1H3,(H,30,31,34). The molecule has 0 unspecified atom stereocenters. The first-order valence-electron chi connectivity index (χ1n) is 10.8. The van der Waals surface area contributed by atoms with Gasteiger partial charge in [-0.2, -0.15) is 5.10 Å². The number of halogens is 3. The van der Waals surface area contributed by atoms with E-state index in [1.807, 2.05) is 54.6 Å². The number of aromatic amines is 1. The third kappa shape index (κ3) is 4.78. The molecule has 3 aromatic carbocycles. The summed E-state index contributed by atoms with van der Waals surface area (Å²) in [5, 5.41) is 6.13. The number of aromatic nitrogens is 4. The minimum absolute atomic E-state index is 0.281. The fourth-order valence-corrected chi connectivity index (χ4v) is 4.94. The van der Waals surface area contributed by atoms with Crippen molar-refractivity contribution in [2.24, 2.45) is 0 Å². The third-order valence-electron chi connectivity index (χ3n) is 5.60. The zero-order chi connectivity index (χ0) is 24.5. The molecule has 176 valence electrons. The maximum absolute atomic E-state index is 13.3. The van der Waals surface area contributed by atoms with Gasteiger partial charge in [-0.05, 0) is 35.4 Å². The molecule has 0 aliphatic carbocycles. The third-order valence-corrected chi connectivity index (χ3v) is 6.39. The van der Waals surface area contributed by atoms with E-state index in [0.29, 0.717) is 56.1 Å². The lowest BCUT2D eigenvalue weighted by atomic mass is 10.1. The van der Waals surface area contributed by atoms with Crippen molar-refractivity contribution in [1.29, 1.82) is 0 Å². The average molecular weight is 526 g/mol. The van der Waals surface area contributed by atoms with Crippen molar-refractivity contribution in [3.05, 3.63) is 115 Å². The number of rotatable bonds is 6. The first-order chi connectivity index (χ1) is 16.9. The van der Waals surface area contributed by atoms with Gasteiger partial charge in [0.05, 0.1) is 22.8 Å². The highest BCUT2D eigenvalue weighted by Gasteiger charge is 2.22. The second-order valence-electron chi connectivity index (χ2n) is 7.97. The number of fused-ring (bicyclic) bond motifs is 1. The van der Waals surface area contributed by atoms with Crippen LogP contribution in [0.1, 0.15) is 22.6 Å². The molecule has 0 atom stereocenters. The van der Waals surface area contributed by atoms with E-state index in [0.717, 1.165) is 16.9 Å². The molecule has 6 nitrogen and oxygen atoms in total. The Morgan fingerprint density at radius 3 is 2.23 bits per heavy atom.